The summed E-state index contributed by atoms with van der Waals surface area (Å²) in [6.45, 7) is 9.38. The van der Waals surface area contributed by atoms with Gasteiger partial charge in [0.1, 0.15) is 11.5 Å². The molecule has 188 valence electrons. The lowest BCUT2D eigenvalue weighted by molar-refractivity contribution is -0.143. The zero-order chi connectivity index (χ0) is 25.6. The summed E-state index contributed by atoms with van der Waals surface area (Å²) in [5, 5.41) is 17.8. The lowest BCUT2D eigenvalue weighted by Gasteiger charge is -2.17. The molecule has 2 rings (SSSR count). The molecule has 0 aliphatic heterocycles. The molecule has 0 unspecified atom stereocenters. The van der Waals surface area contributed by atoms with E-state index in [1.54, 1.807) is 0 Å². The molecule has 2 aromatic carbocycles. The fourth-order valence-electron chi connectivity index (χ4n) is 3.25. The molecule has 8 nitrogen and oxygen atoms in total. The van der Waals surface area contributed by atoms with Crippen molar-refractivity contribution in [2.75, 3.05) is 26.4 Å². The quantitative estimate of drug-likeness (QED) is 0.157. The van der Waals surface area contributed by atoms with Crippen molar-refractivity contribution in [2.24, 2.45) is 0 Å². The van der Waals surface area contributed by atoms with Crippen LogP contribution in [0.4, 0.5) is 0 Å². The van der Waals surface area contributed by atoms with E-state index < -0.39 is 23.5 Å². The van der Waals surface area contributed by atoms with E-state index in [1.165, 1.54) is 0 Å². The summed E-state index contributed by atoms with van der Waals surface area (Å²) < 4.78 is 21.0. The molecule has 0 fully saturated rings. The van der Waals surface area contributed by atoms with Crippen LogP contribution in [0.5, 0.6) is 11.5 Å². The van der Waals surface area contributed by atoms with E-state index in [0.717, 1.165) is 29.0 Å². The van der Waals surface area contributed by atoms with Gasteiger partial charge >= 0.3 is 11.9 Å². The molecule has 0 atom stereocenters. The average Bonchev–Trinajstić information content (AvgIpc) is 2.85. The molecule has 8 heteroatoms. The molecular formula is C27H32O8. The summed E-state index contributed by atoms with van der Waals surface area (Å²) in [5.74, 6) is -1.21. The summed E-state index contributed by atoms with van der Waals surface area (Å²) in [5.41, 5.74) is 2.33. The normalized spacial score (nSPS) is 10.5. The van der Waals surface area contributed by atoms with Gasteiger partial charge in [0.15, 0.2) is 11.5 Å². The minimum atomic E-state index is -0.826. The smallest absolute Gasteiger partial charge is 0.372 e. The van der Waals surface area contributed by atoms with Gasteiger partial charge in [0.2, 0.25) is 0 Å². The van der Waals surface area contributed by atoms with E-state index >= 15 is 0 Å². The number of esters is 2. The summed E-state index contributed by atoms with van der Waals surface area (Å²) in [4.78, 5) is 22.2. The van der Waals surface area contributed by atoms with Crippen LogP contribution in [0.1, 0.15) is 43.2 Å². The molecule has 2 aromatic rings. The molecule has 0 amide bonds. The van der Waals surface area contributed by atoms with E-state index in [-0.39, 0.29) is 19.1 Å². The number of benzene rings is 2. The van der Waals surface area contributed by atoms with Crippen molar-refractivity contribution in [2.45, 2.75) is 32.1 Å². The highest BCUT2D eigenvalue weighted by Gasteiger charge is 2.13. The molecule has 35 heavy (non-hydrogen) atoms. The maximum absolute atomic E-state index is 11.1. The zero-order valence-corrected chi connectivity index (χ0v) is 19.9. The first kappa shape index (κ1) is 27.3. The Morgan fingerprint density at radius 2 is 1.09 bits per heavy atom. The lowest BCUT2D eigenvalue weighted by atomic mass is 9.89. The first-order valence-electron chi connectivity index (χ1n) is 11.4. The summed E-state index contributed by atoms with van der Waals surface area (Å²) in [6.07, 6.45) is 1.91. The van der Waals surface area contributed by atoms with Crippen LogP contribution in [-0.2, 0) is 19.1 Å². The molecular weight excluding hydrogens is 452 g/mol. The number of ether oxygens (including phenoxy) is 4. The maximum Gasteiger partial charge on any atom is 0.372 e. The monoisotopic (exact) mass is 484 g/mol. The molecule has 2 N–H and O–H groups in total. The number of hydrogen-bond donors (Lipinski definition) is 2. The third kappa shape index (κ3) is 9.44. The minimum absolute atomic E-state index is 0.140. The Labute approximate surface area is 205 Å². The van der Waals surface area contributed by atoms with Gasteiger partial charge in [-0.25, -0.2) is 9.59 Å². The van der Waals surface area contributed by atoms with Crippen molar-refractivity contribution < 1.29 is 38.7 Å². The standard InChI is InChI=1S/C27H32O8/c1-4-25(21-7-11-23(12-8-21)32-15-5-17-34-26(30)19(2)28)22-9-13-24(14-10-22)33-16-6-18-35-27(31)20(3)29/h7-14,25,28-29H,2-6,15-18H2,1H3. The fraction of sp³-hybridized carbons (Fsp3) is 0.333. The molecule has 0 aliphatic carbocycles. The fourth-order valence-corrected chi connectivity index (χ4v) is 3.25. The van der Waals surface area contributed by atoms with E-state index in [1.807, 2.05) is 48.5 Å². The molecule has 0 radical (unpaired) electrons. The molecule has 0 saturated heterocycles. The topological polar surface area (TPSA) is 112 Å². The molecule has 0 aromatic heterocycles. The average molecular weight is 485 g/mol. The van der Waals surface area contributed by atoms with Gasteiger partial charge in [0.05, 0.1) is 26.4 Å². The van der Waals surface area contributed by atoms with Gasteiger partial charge in [0.25, 0.3) is 0 Å². The SMILES string of the molecule is C=C(O)C(=O)OCCCOc1ccc(C(CC)c2ccc(OCCCOC(=O)C(=C)O)cc2)cc1. The van der Waals surface area contributed by atoms with Crippen LogP contribution in [-0.4, -0.2) is 48.6 Å². The Bertz CT molecular complexity index is 900. The number of carbonyl (C=O) groups is 2. The highest BCUT2D eigenvalue weighted by atomic mass is 16.6. The highest BCUT2D eigenvalue weighted by Crippen LogP contribution is 2.30. The van der Waals surface area contributed by atoms with Gasteiger partial charge < -0.3 is 29.2 Å². The van der Waals surface area contributed by atoms with Crippen molar-refractivity contribution in [3.63, 3.8) is 0 Å². The van der Waals surface area contributed by atoms with E-state index in [2.05, 4.69) is 20.1 Å². The van der Waals surface area contributed by atoms with Gasteiger partial charge in [-0.05, 0) is 55.0 Å². The second-order valence-electron chi connectivity index (χ2n) is 7.67. The van der Waals surface area contributed by atoms with Gasteiger partial charge in [0, 0.05) is 18.8 Å². The third-order valence-corrected chi connectivity index (χ3v) is 5.03. The van der Waals surface area contributed by atoms with Gasteiger partial charge in [-0.2, -0.15) is 0 Å². The first-order chi connectivity index (χ1) is 16.8. The maximum atomic E-state index is 11.1. The number of aliphatic hydroxyl groups is 2. The Balaban J connectivity index is 1.79. The van der Waals surface area contributed by atoms with Gasteiger partial charge in [-0.1, -0.05) is 31.2 Å². The Kier molecular flexibility index (Phi) is 11.2. The predicted molar refractivity (Wildman–Crippen MR) is 131 cm³/mol. The summed E-state index contributed by atoms with van der Waals surface area (Å²) in [6, 6.07) is 15.8. The molecule has 0 bridgehead atoms. The van der Waals surface area contributed by atoms with Crippen molar-refractivity contribution in [1.29, 1.82) is 0 Å². The van der Waals surface area contributed by atoms with Crippen LogP contribution < -0.4 is 9.47 Å². The molecule has 0 aliphatic rings. The van der Waals surface area contributed by atoms with Gasteiger partial charge in [-0.3, -0.25) is 0 Å². The predicted octanol–water partition coefficient (Wildman–Crippen LogP) is 5.00. The summed E-state index contributed by atoms with van der Waals surface area (Å²) >= 11 is 0. The largest absolute Gasteiger partial charge is 0.502 e. The summed E-state index contributed by atoms with van der Waals surface area (Å²) in [7, 11) is 0. The van der Waals surface area contributed by atoms with Crippen molar-refractivity contribution >= 4 is 11.9 Å². The number of aliphatic hydroxyl groups excluding tert-OH is 2. The van der Waals surface area contributed by atoms with Crippen molar-refractivity contribution in [1.82, 2.24) is 0 Å². The third-order valence-electron chi connectivity index (χ3n) is 5.03. The zero-order valence-electron chi connectivity index (χ0n) is 19.9. The first-order valence-corrected chi connectivity index (χ1v) is 11.4. The lowest BCUT2D eigenvalue weighted by Crippen LogP contribution is -2.10. The second-order valence-corrected chi connectivity index (χ2v) is 7.67. The number of carbonyl (C=O) groups excluding carboxylic acids is 2. The second kappa shape index (κ2) is 14.3. The molecule has 0 spiro atoms. The van der Waals surface area contributed by atoms with Crippen LogP contribution in [0.3, 0.4) is 0 Å². The molecule has 0 saturated carbocycles. The highest BCUT2D eigenvalue weighted by molar-refractivity contribution is 5.85. The Morgan fingerprint density at radius 3 is 1.40 bits per heavy atom. The van der Waals surface area contributed by atoms with Crippen LogP contribution in [0, 0.1) is 0 Å². The molecule has 0 heterocycles. The van der Waals surface area contributed by atoms with E-state index in [0.29, 0.717) is 26.1 Å². The Morgan fingerprint density at radius 1 is 0.714 bits per heavy atom. The van der Waals surface area contributed by atoms with Crippen molar-refractivity contribution in [3.05, 3.63) is 84.3 Å². The number of rotatable bonds is 15. The van der Waals surface area contributed by atoms with E-state index in [4.69, 9.17) is 29.2 Å². The van der Waals surface area contributed by atoms with Crippen LogP contribution in [0.15, 0.2) is 73.2 Å². The van der Waals surface area contributed by atoms with Crippen LogP contribution >= 0.6 is 0 Å². The van der Waals surface area contributed by atoms with Crippen LogP contribution in [0.2, 0.25) is 0 Å². The van der Waals surface area contributed by atoms with Crippen LogP contribution in [0.25, 0.3) is 0 Å². The number of hydrogen-bond acceptors (Lipinski definition) is 8. The van der Waals surface area contributed by atoms with Crippen molar-refractivity contribution in [3.8, 4) is 11.5 Å². The minimum Gasteiger partial charge on any atom is -0.502 e. The Hall–Kier alpha value is -3.94. The van der Waals surface area contributed by atoms with E-state index in [9.17, 15) is 9.59 Å². The van der Waals surface area contributed by atoms with Gasteiger partial charge in [-0.15, -0.1) is 0 Å².